The highest BCUT2D eigenvalue weighted by Gasteiger charge is 2.19. The monoisotopic (exact) mass is 783 g/mol. The molecule has 0 bridgehead atoms. The molecule has 304 valence electrons. The van der Waals surface area contributed by atoms with Crippen molar-refractivity contribution in [1.29, 1.82) is 0 Å². The smallest absolute Gasteiger partial charge is 0.328 e. The number of methoxy groups -OCH3 is 6. The molecular weight excluding hydrogens is 734 g/mol. The summed E-state index contributed by atoms with van der Waals surface area (Å²) in [4.78, 5) is 47.9. The number of rotatable bonds is 17. The van der Waals surface area contributed by atoms with Crippen LogP contribution in [0.25, 0.3) is 11.3 Å². The summed E-state index contributed by atoms with van der Waals surface area (Å²) in [6, 6.07) is 12.2. The van der Waals surface area contributed by atoms with Crippen molar-refractivity contribution in [3.63, 3.8) is 0 Å². The summed E-state index contributed by atoms with van der Waals surface area (Å²) < 4.78 is 32.9. The molecule has 1 aliphatic rings. The van der Waals surface area contributed by atoms with Crippen LogP contribution in [-0.2, 0) is 32.1 Å². The first-order valence-electron chi connectivity index (χ1n) is 17.1. The van der Waals surface area contributed by atoms with E-state index >= 15 is 0 Å². The quantitative estimate of drug-likeness (QED) is 0.142. The Balaban J connectivity index is 0.000000566. The molecule has 0 aliphatic carbocycles. The van der Waals surface area contributed by atoms with Gasteiger partial charge in [-0.1, -0.05) is 0 Å². The molecule has 0 spiro atoms. The summed E-state index contributed by atoms with van der Waals surface area (Å²) in [7, 11) is 9.79. The molecule has 0 atom stereocenters. The van der Waals surface area contributed by atoms with Crippen molar-refractivity contribution in [2.24, 2.45) is 0 Å². The SMILES string of the molecule is COc1cc(CCCN2CCN(Cc3ccnc(-c4cc(OC)c(OC)c(OC)c4)c3)CC2)cc(OC)c1OC.O=C(O)/C=C\C(=O)O.O=C(O)/C=C\C(=O)O. The topological polar surface area (TPSA) is 224 Å². The van der Waals surface area contributed by atoms with Crippen molar-refractivity contribution >= 4 is 23.9 Å². The fraction of sp³-hybridized carbons (Fsp3) is 0.359. The van der Waals surface area contributed by atoms with Gasteiger partial charge in [-0.3, -0.25) is 9.88 Å². The Bertz CT molecular complexity index is 1700. The standard InChI is InChI=1S/C31H41N3O6.2C4H4O4/c1-35-26-17-22(18-27(36-2)30(26)39-5)8-7-11-33-12-14-34(15-13-33)21-23-9-10-32-25(16-23)24-19-28(37-3)31(40-6)29(20-24)38-4;2*5-3(6)1-2-4(7)8/h9-10,16-20H,7-8,11-15,21H2,1-6H3;2*1-2H,(H,5,6)(H,7,8)/b;2*2-1-. The molecule has 17 nitrogen and oxygen atoms in total. The minimum absolute atomic E-state index is 0.558. The van der Waals surface area contributed by atoms with Crippen molar-refractivity contribution in [2.75, 3.05) is 75.4 Å². The molecule has 0 radical (unpaired) electrons. The maximum Gasteiger partial charge on any atom is 0.328 e. The molecule has 17 heteroatoms. The first-order valence-corrected chi connectivity index (χ1v) is 17.1. The third-order valence-electron chi connectivity index (χ3n) is 8.06. The van der Waals surface area contributed by atoms with Gasteiger partial charge < -0.3 is 53.7 Å². The molecule has 4 rings (SSSR count). The van der Waals surface area contributed by atoms with Crippen molar-refractivity contribution < 1.29 is 68.0 Å². The Morgan fingerprint density at radius 2 is 1.00 bits per heavy atom. The van der Waals surface area contributed by atoms with Gasteiger partial charge in [0.1, 0.15) is 0 Å². The highest BCUT2D eigenvalue weighted by molar-refractivity contribution is 5.90. The van der Waals surface area contributed by atoms with Gasteiger partial charge in [0, 0.05) is 68.8 Å². The van der Waals surface area contributed by atoms with E-state index in [0.717, 1.165) is 63.4 Å². The number of piperazine rings is 1. The molecule has 1 aromatic heterocycles. The van der Waals surface area contributed by atoms with Gasteiger partial charge in [-0.15, -0.1) is 0 Å². The number of ether oxygens (including phenoxy) is 6. The summed E-state index contributed by atoms with van der Waals surface area (Å²) in [5.74, 6) is -1.18. The van der Waals surface area contributed by atoms with Crippen LogP contribution in [0.3, 0.4) is 0 Å². The average Bonchev–Trinajstić information content (AvgIpc) is 3.19. The highest BCUT2D eigenvalue weighted by Crippen LogP contribution is 2.41. The minimum Gasteiger partial charge on any atom is -0.493 e. The lowest BCUT2D eigenvalue weighted by Gasteiger charge is -2.34. The maximum atomic E-state index is 9.55. The van der Waals surface area contributed by atoms with Gasteiger partial charge in [0.15, 0.2) is 23.0 Å². The van der Waals surface area contributed by atoms with E-state index in [9.17, 15) is 19.2 Å². The zero-order valence-corrected chi connectivity index (χ0v) is 32.2. The molecule has 2 aromatic carbocycles. The van der Waals surface area contributed by atoms with Crippen molar-refractivity contribution in [1.82, 2.24) is 14.8 Å². The Morgan fingerprint density at radius 1 is 0.589 bits per heavy atom. The van der Waals surface area contributed by atoms with E-state index in [1.807, 2.05) is 30.5 Å². The number of aromatic nitrogens is 1. The van der Waals surface area contributed by atoms with Gasteiger partial charge in [0.25, 0.3) is 0 Å². The van der Waals surface area contributed by atoms with Crippen LogP contribution in [0.2, 0.25) is 0 Å². The van der Waals surface area contributed by atoms with Crippen molar-refractivity contribution in [3.8, 4) is 45.8 Å². The van der Waals surface area contributed by atoms with Crippen LogP contribution in [0, 0.1) is 0 Å². The lowest BCUT2D eigenvalue weighted by Crippen LogP contribution is -2.46. The van der Waals surface area contributed by atoms with Crippen LogP contribution in [0.4, 0.5) is 0 Å². The van der Waals surface area contributed by atoms with Gasteiger partial charge in [-0.2, -0.15) is 0 Å². The van der Waals surface area contributed by atoms with Gasteiger partial charge in [-0.05, 0) is 66.9 Å². The molecule has 1 fully saturated rings. The zero-order valence-electron chi connectivity index (χ0n) is 32.2. The highest BCUT2D eigenvalue weighted by atomic mass is 16.5. The number of benzene rings is 2. The maximum absolute atomic E-state index is 9.55. The summed E-state index contributed by atoms with van der Waals surface area (Å²) in [6.07, 6.45) is 6.13. The number of aryl methyl sites for hydroxylation is 1. The lowest BCUT2D eigenvalue weighted by atomic mass is 10.1. The molecule has 1 saturated heterocycles. The van der Waals surface area contributed by atoms with E-state index in [1.165, 1.54) is 11.1 Å². The number of pyridine rings is 1. The fourth-order valence-electron chi connectivity index (χ4n) is 5.46. The normalized spacial score (nSPS) is 12.8. The van der Waals surface area contributed by atoms with Crippen LogP contribution in [0.1, 0.15) is 17.5 Å². The third-order valence-corrected chi connectivity index (χ3v) is 8.06. The first kappa shape index (κ1) is 45.8. The number of aliphatic carboxylic acids is 4. The summed E-state index contributed by atoms with van der Waals surface area (Å²) in [6.45, 7) is 6.13. The van der Waals surface area contributed by atoms with Crippen LogP contribution in [-0.4, -0.2) is 134 Å². The van der Waals surface area contributed by atoms with Crippen LogP contribution < -0.4 is 28.4 Å². The largest absolute Gasteiger partial charge is 0.493 e. The number of carbonyl (C=O) groups is 4. The van der Waals surface area contributed by atoms with Crippen molar-refractivity contribution in [3.05, 3.63) is 78.0 Å². The first-order chi connectivity index (χ1) is 26.8. The van der Waals surface area contributed by atoms with E-state index in [-0.39, 0.29) is 0 Å². The molecule has 0 amide bonds. The second-order valence-corrected chi connectivity index (χ2v) is 11.7. The van der Waals surface area contributed by atoms with E-state index in [2.05, 4.69) is 26.9 Å². The average molecular weight is 784 g/mol. The van der Waals surface area contributed by atoms with Gasteiger partial charge in [0.05, 0.1) is 48.4 Å². The Hall–Kier alpha value is -6.33. The van der Waals surface area contributed by atoms with E-state index in [1.54, 1.807) is 42.7 Å². The molecular formula is C39H49N3O14. The van der Waals surface area contributed by atoms with Crippen molar-refractivity contribution in [2.45, 2.75) is 19.4 Å². The second kappa shape index (κ2) is 24.2. The number of nitrogens with zero attached hydrogens (tertiary/aromatic N) is 3. The van der Waals surface area contributed by atoms with E-state index < -0.39 is 23.9 Å². The minimum atomic E-state index is -1.26. The number of carboxylic acids is 4. The number of carboxylic acid groups (broad SMARTS) is 4. The third kappa shape index (κ3) is 15.6. The summed E-state index contributed by atoms with van der Waals surface area (Å²) in [5, 5.41) is 31.2. The predicted molar refractivity (Wildman–Crippen MR) is 204 cm³/mol. The Morgan fingerprint density at radius 3 is 1.39 bits per heavy atom. The zero-order chi connectivity index (χ0) is 41.6. The summed E-state index contributed by atoms with van der Waals surface area (Å²) >= 11 is 0. The summed E-state index contributed by atoms with van der Waals surface area (Å²) in [5.41, 5.74) is 4.22. The fourth-order valence-corrected chi connectivity index (χ4v) is 5.46. The van der Waals surface area contributed by atoms with Gasteiger partial charge >= 0.3 is 23.9 Å². The molecule has 2 heterocycles. The van der Waals surface area contributed by atoms with Gasteiger partial charge in [-0.25, -0.2) is 19.2 Å². The molecule has 4 N–H and O–H groups in total. The number of hydrogen-bond donors (Lipinski definition) is 4. The van der Waals surface area contributed by atoms with Crippen LogP contribution in [0.15, 0.2) is 66.9 Å². The molecule has 0 saturated carbocycles. The molecule has 56 heavy (non-hydrogen) atoms. The molecule has 3 aromatic rings. The lowest BCUT2D eigenvalue weighted by molar-refractivity contribution is -0.134. The van der Waals surface area contributed by atoms with E-state index in [0.29, 0.717) is 58.8 Å². The molecule has 0 unspecified atom stereocenters. The number of hydrogen-bond acceptors (Lipinski definition) is 13. The second-order valence-electron chi connectivity index (χ2n) is 11.7. The molecule has 1 aliphatic heterocycles. The Kier molecular flexibility index (Phi) is 19.8. The van der Waals surface area contributed by atoms with Crippen LogP contribution >= 0.6 is 0 Å². The predicted octanol–water partition coefficient (Wildman–Crippen LogP) is 3.97. The van der Waals surface area contributed by atoms with E-state index in [4.69, 9.17) is 48.8 Å². The van der Waals surface area contributed by atoms with Crippen LogP contribution in [0.5, 0.6) is 34.5 Å². The Labute approximate surface area is 324 Å². The van der Waals surface area contributed by atoms with Gasteiger partial charge in [0.2, 0.25) is 11.5 Å².